The van der Waals surface area contributed by atoms with Crippen LogP contribution in [0.25, 0.3) is 10.9 Å². The maximum atomic E-state index is 5.64. The minimum atomic E-state index is 0.690. The van der Waals surface area contributed by atoms with Gasteiger partial charge in [0.2, 0.25) is 0 Å². The second-order valence-corrected chi connectivity index (χ2v) is 4.92. The van der Waals surface area contributed by atoms with Crippen LogP contribution in [-0.2, 0) is 0 Å². The Balaban J connectivity index is 2.08. The van der Waals surface area contributed by atoms with Gasteiger partial charge in [0.1, 0.15) is 10.4 Å². The predicted molar refractivity (Wildman–Crippen MR) is 74.9 cm³/mol. The quantitative estimate of drug-likeness (QED) is 0.464. The summed E-state index contributed by atoms with van der Waals surface area (Å²) in [6.07, 6.45) is 1.96. The molecule has 0 atom stereocenters. The first-order valence-corrected chi connectivity index (χ1v) is 6.87. The van der Waals surface area contributed by atoms with E-state index in [4.69, 9.17) is 16.3 Å². The lowest BCUT2D eigenvalue weighted by atomic mass is 10.2. The fourth-order valence-electron chi connectivity index (χ4n) is 1.55. The molecule has 0 saturated heterocycles. The Morgan fingerprint density at radius 1 is 1.18 bits per heavy atom. The Kier molecular flexibility index (Phi) is 4.63. The van der Waals surface area contributed by atoms with Crippen molar-refractivity contribution >= 4 is 38.4 Å². The molecule has 2 rings (SSSR count). The van der Waals surface area contributed by atoms with Crippen LogP contribution in [0, 0.1) is 0 Å². The molecule has 0 aliphatic rings. The lowest BCUT2D eigenvalue weighted by Crippen LogP contribution is -1.97. The number of nitrogens with zero attached hydrogens (tertiary/aromatic N) is 1. The zero-order valence-electron chi connectivity index (χ0n) is 9.33. The van der Waals surface area contributed by atoms with Crippen LogP contribution >= 0.6 is 27.5 Å². The first kappa shape index (κ1) is 12.7. The number of hydrogen-bond acceptors (Lipinski definition) is 2. The van der Waals surface area contributed by atoms with E-state index >= 15 is 0 Å². The summed E-state index contributed by atoms with van der Waals surface area (Å²) in [4.78, 5) is 4.40. The van der Waals surface area contributed by atoms with E-state index in [1.165, 1.54) is 0 Å². The first-order chi connectivity index (χ1) is 8.29. The summed E-state index contributed by atoms with van der Waals surface area (Å²) in [5.41, 5.74) is 0.939. The molecule has 0 fully saturated rings. The van der Waals surface area contributed by atoms with Crippen molar-refractivity contribution in [2.75, 3.05) is 12.5 Å². The largest absolute Gasteiger partial charge is 0.494 e. The number of ether oxygens (including phenoxy) is 1. The number of hydrogen-bond donors (Lipinski definition) is 0. The molecule has 0 aliphatic heterocycles. The Morgan fingerprint density at radius 3 is 2.82 bits per heavy atom. The zero-order valence-corrected chi connectivity index (χ0v) is 11.7. The van der Waals surface area contributed by atoms with Crippen molar-refractivity contribution in [3.8, 4) is 5.75 Å². The fourth-order valence-corrected chi connectivity index (χ4v) is 2.06. The van der Waals surface area contributed by atoms with Gasteiger partial charge in [0.15, 0.2) is 0 Å². The highest BCUT2D eigenvalue weighted by Crippen LogP contribution is 2.21. The molecule has 0 radical (unpaired) electrons. The molecule has 2 nitrogen and oxygen atoms in total. The van der Waals surface area contributed by atoms with Crippen LogP contribution in [-0.4, -0.2) is 17.5 Å². The molecule has 4 heteroatoms. The summed E-state index contributed by atoms with van der Waals surface area (Å²) in [7, 11) is 0. The molecule has 1 heterocycles. The van der Waals surface area contributed by atoms with E-state index in [-0.39, 0.29) is 0 Å². The molecule has 0 bridgehead atoms. The van der Waals surface area contributed by atoms with Crippen LogP contribution in [0.2, 0.25) is 0 Å². The number of pyridine rings is 1. The summed E-state index contributed by atoms with van der Waals surface area (Å²) >= 11 is 8.97. The van der Waals surface area contributed by atoms with Gasteiger partial charge in [-0.2, -0.15) is 0 Å². The molecule has 0 unspecified atom stereocenters. The molecule has 0 N–H and O–H groups in total. The predicted octanol–water partition coefficient (Wildman–Crippen LogP) is 4.40. The van der Waals surface area contributed by atoms with Crippen molar-refractivity contribution in [1.29, 1.82) is 0 Å². The summed E-state index contributed by atoms with van der Waals surface area (Å²) in [5.74, 6) is 1.55. The molecule has 0 aliphatic carbocycles. The third kappa shape index (κ3) is 3.58. The van der Waals surface area contributed by atoms with Gasteiger partial charge >= 0.3 is 0 Å². The molecule has 0 saturated carbocycles. The van der Waals surface area contributed by atoms with Crippen molar-refractivity contribution in [2.24, 2.45) is 0 Å². The van der Waals surface area contributed by atoms with E-state index in [1.807, 2.05) is 30.3 Å². The van der Waals surface area contributed by atoms with Crippen molar-refractivity contribution in [1.82, 2.24) is 4.98 Å². The standard InChI is InChI=1S/C13H13BrClNO/c14-13-6-4-10-3-5-11(9-12(10)16-13)17-8-2-1-7-15/h3-6,9H,1-2,7-8H2. The van der Waals surface area contributed by atoms with E-state index in [9.17, 15) is 0 Å². The molecule has 0 amide bonds. The van der Waals surface area contributed by atoms with Gasteiger partial charge in [-0.1, -0.05) is 6.07 Å². The third-order valence-electron chi connectivity index (χ3n) is 2.43. The van der Waals surface area contributed by atoms with Crippen LogP contribution in [0.4, 0.5) is 0 Å². The van der Waals surface area contributed by atoms with Crippen LogP contribution in [0.1, 0.15) is 12.8 Å². The average molecular weight is 315 g/mol. The Morgan fingerprint density at radius 2 is 2.00 bits per heavy atom. The number of fused-ring (bicyclic) bond motifs is 1. The van der Waals surface area contributed by atoms with Gasteiger partial charge in [0, 0.05) is 17.3 Å². The van der Waals surface area contributed by atoms with Gasteiger partial charge in [-0.05, 0) is 47.0 Å². The SMILES string of the molecule is ClCCCCOc1ccc2ccc(Br)nc2c1. The number of aromatic nitrogens is 1. The van der Waals surface area contributed by atoms with E-state index in [0.717, 1.165) is 34.1 Å². The van der Waals surface area contributed by atoms with Crippen molar-refractivity contribution in [3.05, 3.63) is 34.9 Å². The molecule has 1 aromatic carbocycles. The second-order valence-electron chi connectivity index (χ2n) is 3.73. The smallest absolute Gasteiger partial charge is 0.121 e. The number of alkyl halides is 1. The van der Waals surface area contributed by atoms with Crippen molar-refractivity contribution in [2.45, 2.75) is 12.8 Å². The van der Waals surface area contributed by atoms with E-state index in [2.05, 4.69) is 20.9 Å². The molecular formula is C13H13BrClNO. The number of unbranched alkanes of at least 4 members (excludes halogenated alkanes) is 1. The highest BCUT2D eigenvalue weighted by molar-refractivity contribution is 9.10. The topological polar surface area (TPSA) is 22.1 Å². The minimum Gasteiger partial charge on any atom is -0.494 e. The number of benzene rings is 1. The van der Waals surface area contributed by atoms with Gasteiger partial charge in [0.05, 0.1) is 12.1 Å². The van der Waals surface area contributed by atoms with Gasteiger partial charge in [-0.25, -0.2) is 4.98 Å². The average Bonchev–Trinajstić information content (AvgIpc) is 2.34. The number of rotatable bonds is 5. The molecule has 17 heavy (non-hydrogen) atoms. The van der Waals surface area contributed by atoms with E-state index < -0.39 is 0 Å². The van der Waals surface area contributed by atoms with Crippen LogP contribution in [0.3, 0.4) is 0 Å². The van der Waals surface area contributed by atoms with Gasteiger partial charge in [-0.3, -0.25) is 0 Å². The van der Waals surface area contributed by atoms with E-state index in [0.29, 0.717) is 12.5 Å². The fraction of sp³-hybridized carbons (Fsp3) is 0.308. The summed E-state index contributed by atoms with van der Waals surface area (Å²) in [5, 5.41) is 1.11. The van der Waals surface area contributed by atoms with Crippen LogP contribution in [0.5, 0.6) is 5.75 Å². The maximum Gasteiger partial charge on any atom is 0.121 e. The lowest BCUT2D eigenvalue weighted by molar-refractivity contribution is 0.310. The van der Waals surface area contributed by atoms with Crippen LogP contribution < -0.4 is 4.74 Å². The minimum absolute atomic E-state index is 0.690. The maximum absolute atomic E-state index is 5.64. The summed E-state index contributed by atoms with van der Waals surface area (Å²) in [6.45, 7) is 0.701. The molecular weight excluding hydrogens is 302 g/mol. The molecule has 0 spiro atoms. The van der Waals surface area contributed by atoms with Crippen LogP contribution in [0.15, 0.2) is 34.9 Å². The van der Waals surface area contributed by atoms with Crippen molar-refractivity contribution < 1.29 is 4.74 Å². The van der Waals surface area contributed by atoms with Gasteiger partial charge in [0.25, 0.3) is 0 Å². The third-order valence-corrected chi connectivity index (χ3v) is 3.14. The second kappa shape index (κ2) is 6.22. The summed E-state index contributed by atoms with van der Waals surface area (Å²) in [6, 6.07) is 9.91. The lowest BCUT2D eigenvalue weighted by Gasteiger charge is -2.06. The van der Waals surface area contributed by atoms with Crippen molar-refractivity contribution in [3.63, 3.8) is 0 Å². The molecule has 1 aromatic heterocycles. The first-order valence-electron chi connectivity index (χ1n) is 5.54. The van der Waals surface area contributed by atoms with E-state index in [1.54, 1.807) is 0 Å². The Bertz CT molecular complexity index is 504. The monoisotopic (exact) mass is 313 g/mol. The number of halogens is 2. The normalized spacial score (nSPS) is 10.7. The molecule has 2 aromatic rings. The summed E-state index contributed by atoms with van der Waals surface area (Å²) < 4.78 is 6.48. The molecule has 90 valence electrons. The Labute approximate surface area is 114 Å². The van der Waals surface area contributed by atoms with Gasteiger partial charge in [-0.15, -0.1) is 11.6 Å². The van der Waals surface area contributed by atoms with Gasteiger partial charge < -0.3 is 4.74 Å². The highest BCUT2D eigenvalue weighted by Gasteiger charge is 1.99. The highest BCUT2D eigenvalue weighted by atomic mass is 79.9. The Hall–Kier alpha value is -0.800. The zero-order chi connectivity index (χ0) is 12.1.